The highest BCUT2D eigenvalue weighted by atomic mass is 19.1. The summed E-state index contributed by atoms with van der Waals surface area (Å²) in [5.74, 6) is -0.377. The van der Waals surface area contributed by atoms with Gasteiger partial charge in [0.15, 0.2) is 17.1 Å². The molecule has 5 nitrogen and oxygen atoms in total. The number of aromatic nitrogens is 1. The fraction of sp³-hybridized carbons (Fsp3) is 0.0588. The highest BCUT2D eigenvalue weighted by molar-refractivity contribution is 5.83. The minimum absolute atomic E-state index is 0.0647. The Hall–Kier alpha value is -3.15. The molecule has 0 saturated heterocycles. The molecular weight excluding hydrogens is 301 g/mol. The molecule has 0 amide bonds. The Labute approximate surface area is 128 Å². The number of fused-ring (bicyclic) bond motifs is 2. The van der Waals surface area contributed by atoms with E-state index in [1.165, 1.54) is 13.2 Å². The fourth-order valence-electron chi connectivity index (χ4n) is 2.41. The third kappa shape index (κ3) is 2.15. The van der Waals surface area contributed by atoms with Crippen LogP contribution < -0.4 is 10.4 Å². The number of hydrogen-bond donors (Lipinski definition) is 0. The van der Waals surface area contributed by atoms with Gasteiger partial charge in [-0.15, -0.1) is 0 Å². The summed E-state index contributed by atoms with van der Waals surface area (Å²) in [7, 11) is 1.37. The molecule has 114 valence electrons. The van der Waals surface area contributed by atoms with E-state index >= 15 is 0 Å². The van der Waals surface area contributed by atoms with Gasteiger partial charge in [0.2, 0.25) is 5.89 Å². The molecule has 2 aromatic heterocycles. The highest BCUT2D eigenvalue weighted by Crippen LogP contribution is 2.28. The molecule has 2 aromatic carbocycles. The van der Waals surface area contributed by atoms with Gasteiger partial charge in [-0.3, -0.25) is 0 Å². The SMILES string of the molecule is COc1cc2cc(-c3nc4ccccc4o3)c(=O)oc2cc1F. The van der Waals surface area contributed by atoms with Gasteiger partial charge < -0.3 is 13.6 Å². The standard InChI is InChI=1S/C17H10FNO4/c1-21-15-7-9-6-10(17(20)23-14(9)8-11(15)18)16-19-12-4-2-3-5-13(12)22-16/h2-8H,1H3. The number of hydrogen-bond acceptors (Lipinski definition) is 5. The number of oxazole rings is 1. The minimum Gasteiger partial charge on any atom is -0.494 e. The van der Waals surface area contributed by atoms with Gasteiger partial charge in [0.25, 0.3) is 0 Å². The van der Waals surface area contributed by atoms with E-state index in [0.29, 0.717) is 16.5 Å². The first-order valence-electron chi connectivity index (χ1n) is 6.83. The van der Waals surface area contributed by atoms with Crippen molar-refractivity contribution >= 4 is 22.1 Å². The van der Waals surface area contributed by atoms with Crippen LogP contribution in [0.5, 0.6) is 5.75 Å². The summed E-state index contributed by atoms with van der Waals surface area (Å²) in [6, 6.07) is 11.3. The lowest BCUT2D eigenvalue weighted by atomic mass is 10.1. The number of nitrogens with zero attached hydrogens (tertiary/aromatic N) is 1. The summed E-state index contributed by atoms with van der Waals surface area (Å²) >= 11 is 0. The lowest BCUT2D eigenvalue weighted by molar-refractivity contribution is 0.386. The van der Waals surface area contributed by atoms with Gasteiger partial charge in [0, 0.05) is 11.5 Å². The van der Waals surface area contributed by atoms with Crippen LogP contribution in [-0.4, -0.2) is 12.1 Å². The number of benzene rings is 2. The van der Waals surface area contributed by atoms with Gasteiger partial charge >= 0.3 is 5.63 Å². The molecule has 0 unspecified atom stereocenters. The average molecular weight is 311 g/mol. The third-order valence-corrected chi connectivity index (χ3v) is 3.53. The molecule has 0 fully saturated rings. The molecule has 2 heterocycles. The van der Waals surface area contributed by atoms with Gasteiger partial charge in [-0.1, -0.05) is 12.1 Å². The van der Waals surface area contributed by atoms with Crippen molar-refractivity contribution in [2.45, 2.75) is 0 Å². The van der Waals surface area contributed by atoms with Crippen molar-refractivity contribution in [3.05, 3.63) is 58.7 Å². The summed E-state index contributed by atoms with van der Waals surface area (Å²) in [5, 5.41) is 0.514. The molecule has 0 atom stereocenters. The maximum Gasteiger partial charge on any atom is 0.349 e. The van der Waals surface area contributed by atoms with Gasteiger partial charge in [-0.05, 0) is 24.3 Å². The Morgan fingerprint density at radius 1 is 1.09 bits per heavy atom. The zero-order valence-corrected chi connectivity index (χ0v) is 12.0. The Morgan fingerprint density at radius 3 is 2.70 bits per heavy atom. The first kappa shape index (κ1) is 13.5. The lowest BCUT2D eigenvalue weighted by Crippen LogP contribution is -2.03. The topological polar surface area (TPSA) is 65.5 Å². The van der Waals surface area contributed by atoms with Crippen molar-refractivity contribution in [3.8, 4) is 17.2 Å². The van der Waals surface area contributed by atoms with Crippen molar-refractivity contribution in [2.24, 2.45) is 0 Å². The maximum absolute atomic E-state index is 13.7. The van der Waals surface area contributed by atoms with Crippen molar-refractivity contribution in [2.75, 3.05) is 7.11 Å². The largest absolute Gasteiger partial charge is 0.494 e. The van der Waals surface area contributed by atoms with Crippen molar-refractivity contribution in [1.82, 2.24) is 4.98 Å². The molecule has 0 radical (unpaired) electrons. The van der Waals surface area contributed by atoms with E-state index in [-0.39, 0.29) is 22.8 Å². The molecule has 0 spiro atoms. The highest BCUT2D eigenvalue weighted by Gasteiger charge is 2.16. The van der Waals surface area contributed by atoms with E-state index in [1.807, 2.05) is 12.1 Å². The molecule has 4 aromatic rings. The first-order chi connectivity index (χ1) is 11.2. The molecule has 0 aliphatic carbocycles. The first-order valence-corrected chi connectivity index (χ1v) is 6.83. The van der Waals surface area contributed by atoms with Crippen LogP contribution in [0.1, 0.15) is 0 Å². The molecule has 0 saturated carbocycles. The van der Waals surface area contributed by atoms with E-state index in [1.54, 1.807) is 18.2 Å². The van der Waals surface area contributed by atoms with Gasteiger partial charge in [0.05, 0.1) is 7.11 Å². The van der Waals surface area contributed by atoms with Gasteiger partial charge in [-0.25, -0.2) is 14.2 Å². The minimum atomic E-state index is -0.645. The second-order valence-electron chi connectivity index (χ2n) is 4.96. The lowest BCUT2D eigenvalue weighted by Gasteiger charge is -2.04. The maximum atomic E-state index is 13.7. The van der Waals surface area contributed by atoms with Crippen LogP contribution in [0.15, 0.2) is 56.1 Å². The van der Waals surface area contributed by atoms with E-state index in [0.717, 1.165) is 6.07 Å². The van der Waals surface area contributed by atoms with Crippen LogP contribution in [0.2, 0.25) is 0 Å². The predicted molar refractivity (Wildman–Crippen MR) is 82.0 cm³/mol. The van der Waals surface area contributed by atoms with Crippen LogP contribution in [0, 0.1) is 5.82 Å². The van der Waals surface area contributed by atoms with Crippen LogP contribution in [0.3, 0.4) is 0 Å². The Balaban J connectivity index is 1.97. The Morgan fingerprint density at radius 2 is 1.91 bits per heavy atom. The number of para-hydroxylation sites is 2. The van der Waals surface area contributed by atoms with Gasteiger partial charge in [0.1, 0.15) is 16.7 Å². The molecule has 0 N–H and O–H groups in total. The monoisotopic (exact) mass is 311 g/mol. The number of halogens is 1. The van der Waals surface area contributed by atoms with E-state index in [2.05, 4.69) is 4.98 Å². The molecule has 6 heteroatoms. The molecule has 0 aliphatic rings. The molecule has 0 aliphatic heterocycles. The second kappa shape index (κ2) is 4.95. The fourth-order valence-corrected chi connectivity index (χ4v) is 2.41. The molecule has 23 heavy (non-hydrogen) atoms. The van der Waals surface area contributed by atoms with E-state index < -0.39 is 11.4 Å². The van der Waals surface area contributed by atoms with Crippen LogP contribution in [-0.2, 0) is 0 Å². The molecule has 4 rings (SSSR count). The summed E-state index contributed by atoms with van der Waals surface area (Å²) in [6.07, 6.45) is 0. The van der Waals surface area contributed by atoms with Crippen LogP contribution in [0.4, 0.5) is 4.39 Å². The zero-order chi connectivity index (χ0) is 16.0. The molecular formula is C17H10FNO4. The molecule has 0 bridgehead atoms. The smallest absolute Gasteiger partial charge is 0.349 e. The van der Waals surface area contributed by atoms with E-state index in [4.69, 9.17) is 13.6 Å². The second-order valence-corrected chi connectivity index (χ2v) is 4.96. The van der Waals surface area contributed by atoms with E-state index in [9.17, 15) is 9.18 Å². The number of ether oxygens (including phenoxy) is 1. The number of methoxy groups -OCH3 is 1. The predicted octanol–water partition coefficient (Wildman–Crippen LogP) is 3.75. The summed E-state index contributed by atoms with van der Waals surface area (Å²) < 4.78 is 29.4. The van der Waals surface area contributed by atoms with Crippen molar-refractivity contribution < 1.29 is 18.0 Å². The average Bonchev–Trinajstić information content (AvgIpc) is 2.97. The third-order valence-electron chi connectivity index (χ3n) is 3.53. The summed E-state index contributed by atoms with van der Waals surface area (Å²) in [6.45, 7) is 0. The van der Waals surface area contributed by atoms with Crippen molar-refractivity contribution in [3.63, 3.8) is 0 Å². The summed E-state index contributed by atoms with van der Waals surface area (Å²) in [4.78, 5) is 16.4. The van der Waals surface area contributed by atoms with Crippen molar-refractivity contribution in [1.29, 1.82) is 0 Å². The summed E-state index contributed by atoms with van der Waals surface area (Å²) in [5.41, 5.74) is 0.863. The normalized spacial score (nSPS) is 11.2. The quantitative estimate of drug-likeness (QED) is 0.527. The van der Waals surface area contributed by atoms with Gasteiger partial charge in [-0.2, -0.15) is 0 Å². The Kier molecular flexibility index (Phi) is 2.90. The Bertz CT molecular complexity index is 1060. The van der Waals surface area contributed by atoms with Crippen LogP contribution in [0.25, 0.3) is 33.5 Å². The van der Waals surface area contributed by atoms with Crippen LogP contribution >= 0.6 is 0 Å². The zero-order valence-electron chi connectivity index (χ0n) is 12.0. The number of rotatable bonds is 2.